The third-order valence-electron chi connectivity index (χ3n) is 3.80. The van der Waals surface area contributed by atoms with Gasteiger partial charge in [-0.15, -0.1) is 0 Å². The standard InChI is InChI=1S/C14H19ClN2O/c1-3-11-7-10(8-12(15)17-11)13(18)16-9-14(4-2)5-6-14/h7-8H,3-6,9H2,1-2H3,(H,16,18). The first-order valence-electron chi connectivity index (χ1n) is 6.53. The maximum Gasteiger partial charge on any atom is 0.251 e. The number of pyridine rings is 1. The predicted octanol–water partition coefficient (Wildman–Crippen LogP) is 3.22. The van der Waals surface area contributed by atoms with E-state index in [1.54, 1.807) is 6.07 Å². The first-order valence-corrected chi connectivity index (χ1v) is 6.91. The average molecular weight is 267 g/mol. The summed E-state index contributed by atoms with van der Waals surface area (Å²) in [5.41, 5.74) is 1.82. The summed E-state index contributed by atoms with van der Waals surface area (Å²) >= 11 is 5.91. The van der Waals surface area contributed by atoms with Gasteiger partial charge in [0.15, 0.2) is 0 Å². The monoisotopic (exact) mass is 266 g/mol. The van der Waals surface area contributed by atoms with Gasteiger partial charge < -0.3 is 5.32 Å². The van der Waals surface area contributed by atoms with Crippen molar-refractivity contribution in [1.82, 2.24) is 10.3 Å². The molecule has 1 heterocycles. The van der Waals surface area contributed by atoms with E-state index in [0.29, 0.717) is 16.1 Å². The highest BCUT2D eigenvalue weighted by molar-refractivity contribution is 6.29. The van der Waals surface area contributed by atoms with Gasteiger partial charge in [-0.05, 0) is 43.2 Å². The minimum atomic E-state index is -0.0475. The second kappa shape index (κ2) is 5.27. The minimum Gasteiger partial charge on any atom is -0.351 e. The molecule has 0 unspecified atom stereocenters. The fraction of sp³-hybridized carbons (Fsp3) is 0.571. The molecule has 1 fully saturated rings. The van der Waals surface area contributed by atoms with E-state index in [1.807, 2.05) is 13.0 Å². The Balaban J connectivity index is 2.02. The van der Waals surface area contributed by atoms with Crippen LogP contribution in [0, 0.1) is 5.41 Å². The molecule has 0 aromatic carbocycles. The number of aromatic nitrogens is 1. The maximum atomic E-state index is 12.1. The van der Waals surface area contributed by atoms with Gasteiger partial charge in [0.25, 0.3) is 5.91 Å². The van der Waals surface area contributed by atoms with Crippen LogP contribution >= 0.6 is 11.6 Å². The molecule has 1 aliphatic rings. The number of nitrogens with zero attached hydrogens (tertiary/aromatic N) is 1. The maximum absolute atomic E-state index is 12.1. The number of amides is 1. The fourth-order valence-electron chi connectivity index (χ4n) is 2.07. The van der Waals surface area contributed by atoms with Gasteiger partial charge in [-0.1, -0.05) is 25.4 Å². The fourth-order valence-corrected chi connectivity index (χ4v) is 2.29. The van der Waals surface area contributed by atoms with E-state index in [9.17, 15) is 4.79 Å². The average Bonchev–Trinajstić information content (AvgIpc) is 3.16. The molecule has 0 spiro atoms. The van der Waals surface area contributed by atoms with E-state index >= 15 is 0 Å². The zero-order valence-electron chi connectivity index (χ0n) is 10.9. The van der Waals surface area contributed by atoms with Crippen molar-refractivity contribution >= 4 is 17.5 Å². The molecule has 18 heavy (non-hydrogen) atoms. The molecule has 4 heteroatoms. The molecule has 98 valence electrons. The molecule has 1 amide bonds. The van der Waals surface area contributed by atoms with E-state index in [2.05, 4.69) is 17.2 Å². The van der Waals surface area contributed by atoms with Crippen molar-refractivity contribution in [2.24, 2.45) is 5.41 Å². The van der Waals surface area contributed by atoms with E-state index < -0.39 is 0 Å². The lowest BCUT2D eigenvalue weighted by Gasteiger charge is -2.13. The molecule has 1 aromatic heterocycles. The third-order valence-corrected chi connectivity index (χ3v) is 4.00. The number of hydrogen-bond acceptors (Lipinski definition) is 2. The molecule has 1 N–H and O–H groups in total. The molecule has 1 saturated carbocycles. The Morgan fingerprint density at radius 3 is 2.72 bits per heavy atom. The summed E-state index contributed by atoms with van der Waals surface area (Å²) in [5.74, 6) is -0.0475. The third kappa shape index (κ3) is 3.02. The Hall–Kier alpha value is -1.09. The Bertz CT molecular complexity index is 455. The SMILES string of the molecule is CCc1cc(C(=O)NCC2(CC)CC2)cc(Cl)n1. The van der Waals surface area contributed by atoms with Crippen LogP contribution in [0.15, 0.2) is 12.1 Å². The van der Waals surface area contributed by atoms with Gasteiger partial charge in [-0.2, -0.15) is 0 Å². The highest BCUT2D eigenvalue weighted by Crippen LogP contribution is 2.47. The van der Waals surface area contributed by atoms with Gasteiger partial charge >= 0.3 is 0 Å². The molecule has 0 aliphatic heterocycles. The summed E-state index contributed by atoms with van der Waals surface area (Å²) in [4.78, 5) is 16.2. The topological polar surface area (TPSA) is 42.0 Å². The van der Waals surface area contributed by atoms with Crippen molar-refractivity contribution in [3.05, 3.63) is 28.5 Å². The predicted molar refractivity (Wildman–Crippen MR) is 72.9 cm³/mol. The Kier molecular flexibility index (Phi) is 3.91. The molecule has 3 nitrogen and oxygen atoms in total. The lowest BCUT2D eigenvalue weighted by Crippen LogP contribution is -2.30. The number of aryl methyl sites for hydroxylation is 1. The quantitative estimate of drug-likeness (QED) is 0.832. The minimum absolute atomic E-state index is 0.0475. The van der Waals surface area contributed by atoms with Crippen LogP contribution in [0.5, 0.6) is 0 Å². The second-order valence-electron chi connectivity index (χ2n) is 5.06. The van der Waals surface area contributed by atoms with Crippen LogP contribution in [0.3, 0.4) is 0 Å². The van der Waals surface area contributed by atoms with Gasteiger partial charge in [0.05, 0.1) is 0 Å². The number of hydrogen-bond donors (Lipinski definition) is 1. The van der Waals surface area contributed by atoms with Crippen LogP contribution < -0.4 is 5.32 Å². The zero-order valence-corrected chi connectivity index (χ0v) is 11.7. The number of nitrogens with one attached hydrogen (secondary N) is 1. The van der Waals surface area contributed by atoms with Gasteiger partial charge in [0.1, 0.15) is 5.15 Å². The lowest BCUT2D eigenvalue weighted by molar-refractivity contribution is 0.0944. The molecule has 0 saturated heterocycles. The van der Waals surface area contributed by atoms with Crippen LogP contribution in [-0.4, -0.2) is 17.4 Å². The molecule has 1 aliphatic carbocycles. The van der Waals surface area contributed by atoms with Crippen molar-refractivity contribution in [3.8, 4) is 0 Å². The molecule has 0 bridgehead atoms. The first kappa shape index (κ1) is 13.3. The number of carbonyl (C=O) groups is 1. The zero-order chi connectivity index (χ0) is 13.2. The van der Waals surface area contributed by atoms with Crippen molar-refractivity contribution in [3.63, 3.8) is 0 Å². The van der Waals surface area contributed by atoms with E-state index in [0.717, 1.165) is 25.1 Å². The van der Waals surface area contributed by atoms with Gasteiger partial charge in [-0.3, -0.25) is 4.79 Å². The van der Waals surface area contributed by atoms with E-state index in [1.165, 1.54) is 12.8 Å². The molecular formula is C14H19ClN2O. The number of halogens is 1. The normalized spacial score (nSPS) is 16.4. The summed E-state index contributed by atoms with van der Waals surface area (Å²) in [6.45, 7) is 4.94. The molecule has 2 rings (SSSR count). The largest absolute Gasteiger partial charge is 0.351 e. The van der Waals surface area contributed by atoms with Crippen LogP contribution in [0.4, 0.5) is 0 Å². The summed E-state index contributed by atoms with van der Waals surface area (Å²) in [6, 6.07) is 3.44. The van der Waals surface area contributed by atoms with E-state index in [-0.39, 0.29) is 5.91 Å². The molecular weight excluding hydrogens is 248 g/mol. The highest BCUT2D eigenvalue weighted by Gasteiger charge is 2.40. The summed E-state index contributed by atoms with van der Waals surface area (Å²) in [6.07, 6.45) is 4.35. The van der Waals surface area contributed by atoms with Crippen molar-refractivity contribution < 1.29 is 4.79 Å². The van der Waals surface area contributed by atoms with Crippen LogP contribution in [0.2, 0.25) is 5.15 Å². The van der Waals surface area contributed by atoms with Crippen molar-refractivity contribution in [1.29, 1.82) is 0 Å². The first-order chi connectivity index (χ1) is 8.58. The van der Waals surface area contributed by atoms with Crippen LogP contribution in [0.1, 0.15) is 49.2 Å². The van der Waals surface area contributed by atoms with E-state index in [4.69, 9.17) is 11.6 Å². The second-order valence-corrected chi connectivity index (χ2v) is 5.45. The highest BCUT2D eigenvalue weighted by atomic mass is 35.5. The molecule has 0 radical (unpaired) electrons. The lowest BCUT2D eigenvalue weighted by atomic mass is 10.0. The van der Waals surface area contributed by atoms with Gasteiger partial charge in [-0.25, -0.2) is 4.98 Å². The van der Waals surface area contributed by atoms with Crippen molar-refractivity contribution in [2.75, 3.05) is 6.54 Å². The van der Waals surface area contributed by atoms with Gasteiger partial charge in [0, 0.05) is 17.8 Å². The Morgan fingerprint density at radius 2 is 2.17 bits per heavy atom. The Labute approximate surface area is 113 Å². The summed E-state index contributed by atoms with van der Waals surface area (Å²) in [7, 11) is 0. The van der Waals surface area contributed by atoms with Crippen molar-refractivity contribution in [2.45, 2.75) is 39.5 Å². The Morgan fingerprint density at radius 1 is 1.44 bits per heavy atom. The molecule has 1 aromatic rings. The molecule has 0 atom stereocenters. The number of carbonyl (C=O) groups excluding carboxylic acids is 1. The number of rotatable bonds is 5. The summed E-state index contributed by atoms with van der Waals surface area (Å²) < 4.78 is 0. The smallest absolute Gasteiger partial charge is 0.251 e. The van der Waals surface area contributed by atoms with Crippen LogP contribution in [-0.2, 0) is 6.42 Å². The van der Waals surface area contributed by atoms with Crippen LogP contribution in [0.25, 0.3) is 0 Å². The summed E-state index contributed by atoms with van der Waals surface area (Å²) in [5, 5.41) is 3.39. The van der Waals surface area contributed by atoms with Gasteiger partial charge in [0.2, 0.25) is 0 Å².